The van der Waals surface area contributed by atoms with Crippen LogP contribution in [-0.4, -0.2) is 121 Å². The molecule has 0 saturated carbocycles. The van der Waals surface area contributed by atoms with E-state index in [1.54, 1.807) is 46.0 Å². The van der Waals surface area contributed by atoms with Crippen LogP contribution in [0, 0.1) is 0 Å². The highest BCUT2D eigenvalue weighted by molar-refractivity contribution is 7.86. The molecule has 2 amide bonds. The van der Waals surface area contributed by atoms with Crippen molar-refractivity contribution in [3.8, 4) is 5.75 Å². The average Bonchev–Trinajstić information content (AvgIpc) is 2.98. The Labute approximate surface area is 293 Å². The summed E-state index contributed by atoms with van der Waals surface area (Å²) in [5, 5.41) is 2.65. The first-order valence-corrected chi connectivity index (χ1v) is 20.4. The first-order valence-electron chi connectivity index (χ1n) is 16.1. The lowest BCUT2D eigenvalue weighted by Gasteiger charge is -2.37. The van der Waals surface area contributed by atoms with Gasteiger partial charge in [0, 0.05) is 39.4 Å². The highest BCUT2D eigenvalue weighted by atomic mass is 32.2. The van der Waals surface area contributed by atoms with Crippen molar-refractivity contribution in [3.05, 3.63) is 35.3 Å². The summed E-state index contributed by atoms with van der Waals surface area (Å²) in [4.78, 5) is 31.5. The van der Waals surface area contributed by atoms with E-state index in [9.17, 15) is 18.0 Å². The molecule has 0 fully saturated rings. The molecule has 1 aromatic rings. The number of para-hydroxylation sites is 1. The van der Waals surface area contributed by atoms with Gasteiger partial charge >= 0.3 is 16.3 Å². The van der Waals surface area contributed by atoms with Crippen LogP contribution in [0.25, 0.3) is 0 Å². The normalized spacial score (nSPS) is 19.5. The molecule has 17 heteroatoms. The number of nitrogens with one attached hydrogen (secondary N) is 1. The van der Waals surface area contributed by atoms with Gasteiger partial charge < -0.3 is 39.3 Å². The van der Waals surface area contributed by atoms with E-state index in [0.717, 1.165) is 4.31 Å². The van der Waals surface area contributed by atoms with Crippen LogP contribution in [0.15, 0.2) is 34.7 Å². The Kier molecular flexibility index (Phi) is 15.1. The van der Waals surface area contributed by atoms with Gasteiger partial charge in [-0.15, -0.1) is 0 Å². The Balaban J connectivity index is 2.48. The minimum atomic E-state index is -4.28. The number of aliphatic imine (C=N–C) groups is 1. The van der Waals surface area contributed by atoms with Gasteiger partial charge in [-0.3, -0.25) is 9.79 Å². The Morgan fingerprint density at radius 1 is 1.10 bits per heavy atom. The maximum Gasteiger partial charge on any atom is 0.410 e. The number of nitrogens with zero attached hydrogens (tertiary/aromatic N) is 4. The largest absolute Gasteiger partial charge is 0.489 e. The van der Waals surface area contributed by atoms with E-state index in [1.165, 1.54) is 16.3 Å². The summed E-state index contributed by atoms with van der Waals surface area (Å²) < 4.78 is 59.0. The fraction of sp³-hybridized carbons (Fsp3) is 0.656. The van der Waals surface area contributed by atoms with E-state index in [4.69, 9.17) is 29.1 Å². The molecule has 1 aromatic carbocycles. The van der Waals surface area contributed by atoms with Crippen molar-refractivity contribution in [2.45, 2.75) is 71.8 Å². The summed E-state index contributed by atoms with van der Waals surface area (Å²) in [5.41, 5.74) is 5.98. The fourth-order valence-corrected chi connectivity index (χ4v) is 6.51. The zero-order valence-corrected chi connectivity index (χ0v) is 32.6. The molecule has 2 rings (SSSR count). The highest BCUT2D eigenvalue weighted by Crippen LogP contribution is 2.36. The molecule has 49 heavy (non-hydrogen) atoms. The summed E-state index contributed by atoms with van der Waals surface area (Å²) >= 11 is 0. The van der Waals surface area contributed by atoms with E-state index in [2.05, 4.69) is 50.9 Å². The van der Waals surface area contributed by atoms with E-state index in [0.29, 0.717) is 5.56 Å². The van der Waals surface area contributed by atoms with Crippen LogP contribution in [0.1, 0.15) is 47.1 Å². The third-order valence-corrected chi connectivity index (χ3v) is 14.5. The lowest BCUT2D eigenvalue weighted by Crippen LogP contribution is -2.48. The summed E-state index contributed by atoms with van der Waals surface area (Å²) in [6.07, 6.45) is -0.545. The zero-order chi connectivity index (χ0) is 37.2. The molecular weight excluding hydrogens is 673 g/mol. The van der Waals surface area contributed by atoms with Crippen LogP contribution in [0.5, 0.6) is 5.75 Å². The van der Waals surface area contributed by atoms with Crippen molar-refractivity contribution in [1.29, 1.82) is 0 Å². The Bertz CT molecular complexity index is 1440. The molecule has 15 nitrogen and oxygen atoms in total. The van der Waals surface area contributed by atoms with Gasteiger partial charge in [0.25, 0.3) is 5.91 Å². The van der Waals surface area contributed by atoms with Crippen LogP contribution in [0.4, 0.5) is 10.5 Å². The number of hydrogen-bond donors (Lipinski definition) is 2. The second-order valence-corrected chi connectivity index (χ2v) is 20.8. The van der Waals surface area contributed by atoms with Crippen molar-refractivity contribution in [2.75, 3.05) is 72.1 Å². The predicted octanol–water partition coefficient (Wildman–Crippen LogP) is 3.75. The van der Waals surface area contributed by atoms with Gasteiger partial charge in [0.1, 0.15) is 23.8 Å². The minimum absolute atomic E-state index is 0.000861. The number of carbonyl (C=O) groups excluding carboxylic acids is 2. The molecule has 1 heterocycles. The molecule has 0 bridgehead atoms. The van der Waals surface area contributed by atoms with Crippen LogP contribution in [0.3, 0.4) is 0 Å². The van der Waals surface area contributed by atoms with Crippen molar-refractivity contribution in [2.24, 2.45) is 10.7 Å². The molecule has 0 aliphatic carbocycles. The Morgan fingerprint density at radius 3 is 2.31 bits per heavy atom. The number of nitrogens with two attached hydrogens (primary N) is 1. The second kappa shape index (κ2) is 17.6. The Hall–Kier alpha value is -3.22. The molecule has 3 N–H and O–H groups in total. The van der Waals surface area contributed by atoms with Gasteiger partial charge in [-0.1, -0.05) is 32.9 Å². The lowest BCUT2D eigenvalue weighted by atomic mass is 10.1. The number of fused-ring (bicyclic) bond motifs is 1. The van der Waals surface area contributed by atoms with Gasteiger partial charge in [0.2, 0.25) is 0 Å². The van der Waals surface area contributed by atoms with Crippen molar-refractivity contribution >= 4 is 42.9 Å². The zero-order valence-electron chi connectivity index (χ0n) is 30.8. The van der Waals surface area contributed by atoms with E-state index in [1.807, 2.05) is 0 Å². The van der Waals surface area contributed by atoms with Crippen LogP contribution < -0.4 is 15.8 Å². The van der Waals surface area contributed by atoms with E-state index < -0.39 is 47.6 Å². The van der Waals surface area contributed by atoms with Crippen molar-refractivity contribution < 1.29 is 41.4 Å². The van der Waals surface area contributed by atoms with Crippen molar-refractivity contribution in [1.82, 2.24) is 13.5 Å². The van der Waals surface area contributed by atoms with Crippen molar-refractivity contribution in [3.63, 3.8) is 0 Å². The molecule has 0 saturated heterocycles. The third kappa shape index (κ3) is 12.3. The highest BCUT2D eigenvalue weighted by Gasteiger charge is 2.38. The third-order valence-electron chi connectivity index (χ3n) is 8.03. The van der Waals surface area contributed by atoms with E-state index in [-0.39, 0.29) is 75.8 Å². The summed E-state index contributed by atoms with van der Waals surface area (Å²) in [5.74, 6) is -1.00. The van der Waals surface area contributed by atoms with Gasteiger partial charge in [-0.2, -0.15) is 12.7 Å². The first kappa shape index (κ1) is 41.9. The van der Waals surface area contributed by atoms with Gasteiger partial charge in [-0.05, 0) is 51.7 Å². The number of hydrogen-bond acceptors (Lipinski definition) is 11. The number of carbonyl (C=O) groups is 2. The molecule has 0 radical (unpaired) electrons. The second-order valence-electron chi connectivity index (χ2n) is 14.0. The standard InChI is InChI=1S/C32H56N6O9SSi/c1-31(2,3)47-30(40)36(8)23-24-13-12-14-25-27(24)45-22-21-44-20-19-43-17-15-38(16-18-46-49(10,11)32(4,5)6)48(41,42)37(9)28(33)26(34-7)29(39)35-25/h12-14H,7,15-23,33H2,1-6,8-11H3,(H,35,39)/b28-26-. The molecular formula is C32H56N6O9SSi. The van der Waals surface area contributed by atoms with Gasteiger partial charge in [-0.25, -0.2) is 9.10 Å². The monoisotopic (exact) mass is 728 g/mol. The van der Waals surface area contributed by atoms with Gasteiger partial charge in [0.05, 0.1) is 38.7 Å². The lowest BCUT2D eigenvalue weighted by molar-refractivity contribution is -0.113. The SMILES string of the molecule is C=N/C1=C(/N)N(C)S(=O)(=O)N(CCO[Si](C)(C)C(C)(C)C)CCOCCOCCOc2c(CN(C)C(=O)OC(C)(C)C)cccc2NC1=O. The number of amides is 2. The molecule has 1 aliphatic heterocycles. The number of benzene rings is 1. The molecule has 0 spiro atoms. The number of anilines is 1. The molecule has 0 unspecified atom stereocenters. The topological polar surface area (TPSA) is 175 Å². The van der Waals surface area contributed by atoms with E-state index >= 15 is 0 Å². The maximum atomic E-state index is 13.9. The average molecular weight is 729 g/mol. The first-order chi connectivity index (χ1) is 22.6. The van der Waals surface area contributed by atoms with Crippen LogP contribution >= 0.6 is 0 Å². The van der Waals surface area contributed by atoms with Crippen LogP contribution in [0.2, 0.25) is 18.1 Å². The summed E-state index contributed by atoms with van der Waals surface area (Å²) in [7, 11) is -3.63. The fourth-order valence-electron chi connectivity index (χ4n) is 4.19. The maximum absolute atomic E-state index is 13.9. The predicted molar refractivity (Wildman–Crippen MR) is 192 cm³/mol. The van der Waals surface area contributed by atoms with Crippen LogP contribution in [-0.2, 0) is 40.2 Å². The smallest absolute Gasteiger partial charge is 0.410 e. The molecule has 278 valence electrons. The molecule has 0 atom stereocenters. The molecule has 0 aromatic heterocycles. The summed E-state index contributed by atoms with van der Waals surface area (Å²) in [6.45, 7) is 20.4. The number of rotatable bonds is 7. The quantitative estimate of drug-likeness (QED) is 0.311. The molecule has 1 aliphatic rings. The minimum Gasteiger partial charge on any atom is -0.489 e. The van der Waals surface area contributed by atoms with Gasteiger partial charge in [0.15, 0.2) is 14.0 Å². The summed E-state index contributed by atoms with van der Waals surface area (Å²) in [6, 6.07) is 5.01. The number of ether oxygens (including phenoxy) is 4. The Morgan fingerprint density at radius 2 is 1.71 bits per heavy atom.